The van der Waals surface area contributed by atoms with Crippen molar-refractivity contribution in [1.29, 1.82) is 0 Å². The van der Waals surface area contributed by atoms with Crippen LogP contribution in [0.15, 0.2) is 64.9 Å². The van der Waals surface area contributed by atoms with Gasteiger partial charge in [-0.3, -0.25) is 4.79 Å². The van der Waals surface area contributed by atoms with E-state index in [2.05, 4.69) is 22.8 Å². The molecule has 0 aliphatic carbocycles. The van der Waals surface area contributed by atoms with Crippen molar-refractivity contribution in [1.82, 2.24) is 5.32 Å². The first kappa shape index (κ1) is 19.5. The maximum atomic E-state index is 12.6. The molecule has 0 radical (unpaired) electrons. The van der Waals surface area contributed by atoms with E-state index in [1.807, 2.05) is 56.3 Å². The van der Waals surface area contributed by atoms with Gasteiger partial charge >= 0.3 is 0 Å². The first-order chi connectivity index (χ1) is 13.1. The van der Waals surface area contributed by atoms with Gasteiger partial charge in [-0.05, 0) is 48.6 Å². The Labute approximate surface area is 168 Å². The zero-order valence-electron chi connectivity index (χ0n) is 15.5. The summed E-state index contributed by atoms with van der Waals surface area (Å²) in [5.41, 5.74) is 2.93. The van der Waals surface area contributed by atoms with Gasteiger partial charge in [0.05, 0.1) is 12.1 Å². The number of thioether (sulfide) groups is 1. The van der Waals surface area contributed by atoms with Gasteiger partial charge in [0.15, 0.2) is 0 Å². The van der Waals surface area contributed by atoms with E-state index in [0.717, 1.165) is 27.5 Å². The van der Waals surface area contributed by atoms with Gasteiger partial charge in [0, 0.05) is 15.5 Å². The van der Waals surface area contributed by atoms with E-state index in [1.54, 1.807) is 23.1 Å². The minimum atomic E-state index is -0.0608. The summed E-state index contributed by atoms with van der Waals surface area (Å²) < 4.78 is 5.86. The standard InChI is InChI=1S/C22H23NO2S2/c1-16-7-5-8-17(2)21(16)25-13-12-23-22(24)19-10-3-4-11-20(19)27-15-18-9-6-14-26-18/h3-11,14H,12-13,15H2,1-2H3,(H,23,24). The molecule has 0 saturated carbocycles. The number of thiophene rings is 1. The van der Waals surface area contributed by atoms with Crippen LogP contribution in [0.3, 0.4) is 0 Å². The molecular weight excluding hydrogens is 374 g/mol. The third kappa shape index (κ3) is 5.37. The Bertz CT molecular complexity index is 871. The van der Waals surface area contributed by atoms with Crippen molar-refractivity contribution < 1.29 is 9.53 Å². The fraction of sp³-hybridized carbons (Fsp3) is 0.227. The summed E-state index contributed by atoms with van der Waals surface area (Å²) in [7, 11) is 0. The molecule has 0 atom stereocenters. The molecule has 1 amide bonds. The number of nitrogens with one attached hydrogen (secondary N) is 1. The van der Waals surface area contributed by atoms with E-state index in [4.69, 9.17) is 4.74 Å². The van der Waals surface area contributed by atoms with Gasteiger partial charge in [0.25, 0.3) is 5.91 Å². The summed E-state index contributed by atoms with van der Waals surface area (Å²) in [6, 6.07) is 18.0. The molecule has 27 heavy (non-hydrogen) atoms. The van der Waals surface area contributed by atoms with E-state index in [9.17, 15) is 4.79 Å². The molecule has 140 valence electrons. The predicted octanol–water partition coefficient (Wildman–Crippen LogP) is 5.47. The highest BCUT2D eigenvalue weighted by Gasteiger charge is 2.11. The maximum absolute atomic E-state index is 12.6. The number of amides is 1. The second-order valence-corrected chi connectivity index (χ2v) is 8.24. The van der Waals surface area contributed by atoms with Crippen LogP contribution in [0.25, 0.3) is 0 Å². The molecule has 0 aliphatic rings. The smallest absolute Gasteiger partial charge is 0.252 e. The first-order valence-electron chi connectivity index (χ1n) is 8.86. The van der Waals surface area contributed by atoms with Gasteiger partial charge in [-0.2, -0.15) is 0 Å². The maximum Gasteiger partial charge on any atom is 0.252 e. The molecule has 0 aliphatic heterocycles. The van der Waals surface area contributed by atoms with Crippen LogP contribution < -0.4 is 10.1 Å². The van der Waals surface area contributed by atoms with Crippen molar-refractivity contribution in [2.75, 3.05) is 13.2 Å². The third-order valence-corrected chi connectivity index (χ3v) is 6.31. The Morgan fingerprint density at radius 3 is 2.56 bits per heavy atom. The minimum absolute atomic E-state index is 0.0608. The topological polar surface area (TPSA) is 38.3 Å². The Kier molecular flexibility index (Phi) is 6.96. The van der Waals surface area contributed by atoms with Crippen LogP contribution in [-0.4, -0.2) is 19.1 Å². The molecule has 0 fully saturated rings. The monoisotopic (exact) mass is 397 g/mol. The molecule has 3 nitrogen and oxygen atoms in total. The van der Waals surface area contributed by atoms with E-state index in [1.165, 1.54) is 4.88 Å². The Morgan fingerprint density at radius 2 is 1.81 bits per heavy atom. The number of aryl methyl sites for hydroxylation is 2. The van der Waals surface area contributed by atoms with Crippen LogP contribution in [-0.2, 0) is 5.75 Å². The lowest BCUT2D eigenvalue weighted by atomic mass is 10.1. The van der Waals surface area contributed by atoms with Crippen molar-refractivity contribution >= 4 is 29.0 Å². The van der Waals surface area contributed by atoms with Crippen LogP contribution in [0.5, 0.6) is 5.75 Å². The molecule has 0 spiro atoms. The van der Waals surface area contributed by atoms with Gasteiger partial charge in [-0.25, -0.2) is 0 Å². The molecule has 3 rings (SSSR count). The van der Waals surface area contributed by atoms with Crippen molar-refractivity contribution in [3.05, 3.63) is 81.5 Å². The molecule has 1 N–H and O–H groups in total. The molecule has 1 heterocycles. The SMILES string of the molecule is Cc1cccc(C)c1OCCNC(=O)c1ccccc1SCc1cccs1. The van der Waals surface area contributed by atoms with Crippen LogP contribution in [0.4, 0.5) is 0 Å². The first-order valence-corrected chi connectivity index (χ1v) is 10.7. The van der Waals surface area contributed by atoms with E-state index in [-0.39, 0.29) is 5.91 Å². The molecule has 3 aromatic rings. The second-order valence-electron chi connectivity index (χ2n) is 6.19. The van der Waals surface area contributed by atoms with Crippen molar-refractivity contribution in [2.45, 2.75) is 24.5 Å². The predicted molar refractivity (Wildman–Crippen MR) is 114 cm³/mol. The molecule has 0 bridgehead atoms. The summed E-state index contributed by atoms with van der Waals surface area (Å²) in [6.07, 6.45) is 0. The van der Waals surface area contributed by atoms with E-state index >= 15 is 0 Å². The minimum Gasteiger partial charge on any atom is -0.491 e. The normalized spacial score (nSPS) is 10.6. The number of carbonyl (C=O) groups is 1. The van der Waals surface area contributed by atoms with Gasteiger partial charge in [-0.1, -0.05) is 36.4 Å². The Hall–Kier alpha value is -2.24. The van der Waals surface area contributed by atoms with Crippen molar-refractivity contribution in [3.8, 4) is 5.75 Å². The lowest BCUT2D eigenvalue weighted by Gasteiger charge is -2.13. The van der Waals surface area contributed by atoms with E-state index in [0.29, 0.717) is 18.7 Å². The number of benzene rings is 2. The third-order valence-electron chi connectivity index (χ3n) is 4.12. The molecule has 0 saturated heterocycles. The molecule has 5 heteroatoms. The van der Waals surface area contributed by atoms with Crippen LogP contribution in [0, 0.1) is 13.8 Å². The van der Waals surface area contributed by atoms with Gasteiger partial charge in [-0.15, -0.1) is 23.1 Å². The summed E-state index contributed by atoms with van der Waals surface area (Å²) in [4.78, 5) is 14.9. The molecule has 1 aromatic heterocycles. The van der Waals surface area contributed by atoms with Gasteiger partial charge in [0.2, 0.25) is 0 Å². The highest BCUT2D eigenvalue weighted by Crippen LogP contribution is 2.28. The Balaban J connectivity index is 1.53. The number of rotatable bonds is 8. The number of hydrogen-bond donors (Lipinski definition) is 1. The second kappa shape index (κ2) is 9.62. The highest BCUT2D eigenvalue weighted by atomic mass is 32.2. The fourth-order valence-electron chi connectivity index (χ4n) is 2.76. The van der Waals surface area contributed by atoms with Crippen LogP contribution in [0.2, 0.25) is 0 Å². The number of hydrogen-bond acceptors (Lipinski definition) is 4. The zero-order valence-corrected chi connectivity index (χ0v) is 17.2. The largest absolute Gasteiger partial charge is 0.491 e. The average molecular weight is 398 g/mol. The van der Waals surface area contributed by atoms with Crippen molar-refractivity contribution in [3.63, 3.8) is 0 Å². The summed E-state index contributed by atoms with van der Waals surface area (Å²) in [5, 5.41) is 5.04. The summed E-state index contributed by atoms with van der Waals surface area (Å²) >= 11 is 3.43. The number of ether oxygens (including phenoxy) is 1. The number of para-hydroxylation sites is 1. The lowest BCUT2D eigenvalue weighted by Crippen LogP contribution is -2.28. The molecular formula is C22H23NO2S2. The highest BCUT2D eigenvalue weighted by molar-refractivity contribution is 7.98. The fourth-order valence-corrected chi connectivity index (χ4v) is 4.59. The van der Waals surface area contributed by atoms with Gasteiger partial charge in [0.1, 0.15) is 12.4 Å². The summed E-state index contributed by atoms with van der Waals surface area (Å²) in [6.45, 7) is 4.97. The van der Waals surface area contributed by atoms with Gasteiger partial charge < -0.3 is 10.1 Å². The molecule has 0 unspecified atom stereocenters. The van der Waals surface area contributed by atoms with Crippen LogP contribution in [0.1, 0.15) is 26.4 Å². The average Bonchev–Trinajstić information content (AvgIpc) is 3.19. The summed E-state index contributed by atoms with van der Waals surface area (Å²) in [5.74, 6) is 1.71. The quantitative estimate of drug-likeness (QED) is 0.405. The Morgan fingerprint density at radius 1 is 1.04 bits per heavy atom. The number of carbonyl (C=O) groups excluding carboxylic acids is 1. The lowest BCUT2D eigenvalue weighted by molar-refractivity contribution is 0.0944. The van der Waals surface area contributed by atoms with Crippen molar-refractivity contribution in [2.24, 2.45) is 0 Å². The van der Waals surface area contributed by atoms with Crippen LogP contribution >= 0.6 is 23.1 Å². The molecule has 2 aromatic carbocycles. The van der Waals surface area contributed by atoms with E-state index < -0.39 is 0 Å². The zero-order chi connectivity index (χ0) is 19.1.